The molecule has 0 radical (unpaired) electrons. The summed E-state index contributed by atoms with van der Waals surface area (Å²) in [7, 11) is -3.42. The minimum absolute atomic E-state index is 0. The average Bonchev–Trinajstić information content (AvgIpc) is 2.59. The Morgan fingerprint density at radius 1 is 1.32 bits per heavy atom. The Bertz CT molecular complexity index is 713. The highest BCUT2D eigenvalue weighted by molar-refractivity contribution is 14.0. The van der Waals surface area contributed by atoms with Gasteiger partial charge in [-0.15, -0.1) is 24.0 Å². The summed E-state index contributed by atoms with van der Waals surface area (Å²) in [5.41, 5.74) is 7.56. The third kappa shape index (κ3) is 6.59. The number of nitrogens with zero attached hydrogens (tertiary/aromatic N) is 2. The molecular weight excluding hydrogens is 451 g/mol. The van der Waals surface area contributed by atoms with Gasteiger partial charge in [0.2, 0.25) is 10.0 Å². The molecular formula is C17H27IN4O2S. The van der Waals surface area contributed by atoms with Gasteiger partial charge in [0.25, 0.3) is 0 Å². The number of rotatable bonds is 6. The van der Waals surface area contributed by atoms with E-state index in [4.69, 9.17) is 5.73 Å². The second-order valence-electron chi connectivity index (χ2n) is 6.12. The predicted octanol–water partition coefficient (Wildman–Crippen LogP) is 2.46. The molecule has 0 bridgehead atoms. The molecule has 6 nitrogen and oxygen atoms in total. The van der Waals surface area contributed by atoms with E-state index in [1.807, 2.05) is 13.0 Å². The van der Waals surface area contributed by atoms with Crippen LogP contribution in [0, 0.1) is 0 Å². The van der Waals surface area contributed by atoms with Crippen LogP contribution in [-0.2, 0) is 16.6 Å². The van der Waals surface area contributed by atoms with Crippen molar-refractivity contribution in [2.75, 3.05) is 19.6 Å². The van der Waals surface area contributed by atoms with Crippen molar-refractivity contribution >= 4 is 40.0 Å². The van der Waals surface area contributed by atoms with E-state index in [1.54, 1.807) is 22.5 Å². The summed E-state index contributed by atoms with van der Waals surface area (Å²) in [4.78, 5) is 4.56. The van der Waals surface area contributed by atoms with Crippen molar-refractivity contribution in [3.05, 3.63) is 42.0 Å². The van der Waals surface area contributed by atoms with E-state index in [2.05, 4.69) is 16.9 Å². The van der Waals surface area contributed by atoms with Gasteiger partial charge in [-0.3, -0.25) is 0 Å². The molecule has 1 heterocycles. The molecule has 0 atom stereocenters. The summed E-state index contributed by atoms with van der Waals surface area (Å²) < 4.78 is 27.0. The molecule has 0 amide bonds. The van der Waals surface area contributed by atoms with E-state index >= 15 is 0 Å². The first-order chi connectivity index (χ1) is 11.4. The van der Waals surface area contributed by atoms with Gasteiger partial charge in [-0.1, -0.05) is 30.7 Å². The molecule has 0 unspecified atom stereocenters. The Balaban J connectivity index is 0.00000312. The van der Waals surface area contributed by atoms with Crippen LogP contribution in [0.2, 0.25) is 0 Å². The Labute approximate surface area is 167 Å². The lowest BCUT2D eigenvalue weighted by Crippen LogP contribution is -2.35. The monoisotopic (exact) mass is 478 g/mol. The highest BCUT2D eigenvalue weighted by atomic mass is 127. The summed E-state index contributed by atoms with van der Waals surface area (Å²) in [5.74, 6) is 0.322. The van der Waals surface area contributed by atoms with E-state index in [-0.39, 0.29) is 24.0 Å². The fourth-order valence-corrected chi connectivity index (χ4v) is 4.12. The van der Waals surface area contributed by atoms with Crippen LogP contribution in [0.25, 0.3) is 0 Å². The normalized spacial score (nSPS) is 16.1. The minimum Gasteiger partial charge on any atom is -0.370 e. The molecule has 0 aliphatic carbocycles. The number of aliphatic imine (C=N–C) groups is 1. The lowest BCUT2D eigenvalue weighted by atomic mass is 10.2. The van der Waals surface area contributed by atoms with Crippen LogP contribution in [0.4, 0.5) is 0 Å². The zero-order valence-corrected chi connectivity index (χ0v) is 17.7. The largest absolute Gasteiger partial charge is 0.370 e. The summed E-state index contributed by atoms with van der Waals surface area (Å²) in [5, 5.41) is 2.95. The number of nitrogens with two attached hydrogens (primary N) is 1. The van der Waals surface area contributed by atoms with Gasteiger partial charge in [-0.25, -0.2) is 13.4 Å². The lowest BCUT2D eigenvalue weighted by Gasteiger charge is -2.26. The molecule has 1 fully saturated rings. The number of halogens is 1. The van der Waals surface area contributed by atoms with Crippen LogP contribution in [0.1, 0.15) is 31.7 Å². The summed E-state index contributed by atoms with van der Waals surface area (Å²) in [6.45, 7) is 7.78. The minimum atomic E-state index is -3.42. The smallest absolute Gasteiger partial charge is 0.243 e. The number of hydrogen-bond acceptors (Lipinski definition) is 3. The Morgan fingerprint density at radius 3 is 2.64 bits per heavy atom. The highest BCUT2D eigenvalue weighted by Gasteiger charge is 2.25. The molecule has 1 aliphatic rings. The summed E-state index contributed by atoms with van der Waals surface area (Å²) in [6.07, 6.45) is 2.94. The van der Waals surface area contributed by atoms with Crippen molar-refractivity contribution < 1.29 is 8.42 Å². The number of sulfonamides is 1. The third-order valence-electron chi connectivity index (χ3n) is 3.85. The van der Waals surface area contributed by atoms with Gasteiger partial charge in [0.15, 0.2) is 5.96 Å². The highest BCUT2D eigenvalue weighted by Crippen LogP contribution is 2.21. The van der Waals surface area contributed by atoms with Crippen LogP contribution in [0.15, 0.2) is 46.3 Å². The first-order valence-electron chi connectivity index (χ1n) is 8.17. The third-order valence-corrected chi connectivity index (χ3v) is 5.75. The van der Waals surface area contributed by atoms with Gasteiger partial charge in [0.05, 0.1) is 11.4 Å². The van der Waals surface area contributed by atoms with Gasteiger partial charge in [0.1, 0.15) is 0 Å². The van der Waals surface area contributed by atoms with Gasteiger partial charge >= 0.3 is 0 Å². The molecule has 1 aromatic carbocycles. The Morgan fingerprint density at radius 2 is 2.00 bits per heavy atom. The molecule has 1 aliphatic heterocycles. The van der Waals surface area contributed by atoms with Crippen molar-refractivity contribution in [1.82, 2.24) is 9.62 Å². The van der Waals surface area contributed by atoms with E-state index < -0.39 is 10.0 Å². The number of benzene rings is 1. The van der Waals surface area contributed by atoms with Crippen LogP contribution in [0.3, 0.4) is 0 Å². The van der Waals surface area contributed by atoms with Crippen molar-refractivity contribution in [2.24, 2.45) is 10.7 Å². The molecule has 1 saturated heterocycles. The van der Waals surface area contributed by atoms with Gasteiger partial charge in [-0.05, 0) is 37.5 Å². The molecule has 8 heteroatoms. The Hall–Kier alpha value is -1.13. The summed E-state index contributed by atoms with van der Waals surface area (Å²) >= 11 is 0. The zero-order chi connectivity index (χ0) is 17.6. The fourth-order valence-electron chi connectivity index (χ4n) is 2.53. The van der Waals surface area contributed by atoms with Crippen LogP contribution in [-0.4, -0.2) is 38.3 Å². The molecule has 3 N–H and O–H groups in total. The molecule has 0 aromatic heterocycles. The van der Waals surface area contributed by atoms with Gasteiger partial charge < -0.3 is 11.1 Å². The number of guanidine groups is 1. The number of nitrogens with one attached hydrogen (secondary N) is 1. The molecule has 0 saturated carbocycles. The summed E-state index contributed by atoms with van der Waals surface area (Å²) in [6, 6.07) is 6.92. The maximum atomic E-state index is 12.7. The standard InChI is InChI=1S/C17H26N4O2S.HI/c1-14(2)12-19-17(18)20-13-15-7-6-8-16(11-15)24(22,23)21-9-4-3-5-10-21;/h6-8,11H,1,3-5,9-10,12-13H2,2H3,(H3,18,19,20);1H. The zero-order valence-electron chi connectivity index (χ0n) is 14.6. The molecule has 0 spiro atoms. The van der Waals surface area contributed by atoms with Gasteiger partial charge in [-0.2, -0.15) is 4.31 Å². The second-order valence-corrected chi connectivity index (χ2v) is 8.06. The number of piperidine rings is 1. The van der Waals surface area contributed by atoms with E-state index in [0.717, 1.165) is 30.4 Å². The maximum Gasteiger partial charge on any atom is 0.243 e. The molecule has 25 heavy (non-hydrogen) atoms. The fraction of sp³-hybridized carbons (Fsp3) is 0.471. The molecule has 1 aromatic rings. The van der Waals surface area contributed by atoms with E-state index in [9.17, 15) is 8.42 Å². The predicted molar refractivity (Wildman–Crippen MR) is 113 cm³/mol. The van der Waals surface area contributed by atoms with E-state index in [1.165, 1.54) is 0 Å². The first kappa shape index (κ1) is 21.9. The van der Waals surface area contributed by atoms with Crippen molar-refractivity contribution in [3.63, 3.8) is 0 Å². The Kier molecular flexibility index (Phi) is 8.87. The lowest BCUT2D eigenvalue weighted by molar-refractivity contribution is 0.346. The quantitative estimate of drug-likeness (QED) is 0.285. The molecule has 140 valence electrons. The maximum absolute atomic E-state index is 12.7. The van der Waals surface area contributed by atoms with Crippen molar-refractivity contribution in [2.45, 2.75) is 37.6 Å². The second kappa shape index (κ2) is 10.1. The van der Waals surface area contributed by atoms with Crippen LogP contribution >= 0.6 is 24.0 Å². The number of hydrogen-bond donors (Lipinski definition) is 2. The average molecular weight is 478 g/mol. The first-order valence-corrected chi connectivity index (χ1v) is 9.61. The van der Waals surface area contributed by atoms with Crippen molar-refractivity contribution in [1.29, 1.82) is 0 Å². The SMILES string of the molecule is C=C(C)CNC(N)=NCc1cccc(S(=O)(=O)N2CCCCC2)c1.I. The van der Waals surface area contributed by atoms with Crippen LogP contribution in [0.5, 0.6) is 0 Å². The van der Waals surface area contributed by atoms with Gasteiger partial charge in [0, 0.05) is 19.6 Å². The van der Waals surface area contributed by atoms with E-state index in [0.29, 0.717) is 37.0 Å². The topological polar surface area (TPSA) is 87.8 Å². The molecule has 2 rings (SSSR count). The van der Waals surface area contributed by atoms with Crippen LogP contribution < -0.4 is 11.1 Å². The van der Waals surface area contributed by atoms with Crippen molar-refractivity contribution in [3.8, 4) is 0 Å².